The van der Waals surface area contributed by atoms with Crippen molar-refractivity contribution < 1.29 is 4.79 Å². The molecule has 1 aliphatic rings. The monoisotopic (exact) mass is 291 g/mol. The minimum absolute atomic E-state index is 0.0432. The van der Waals surface area contributed by atoms with Crippen molar-refractivity contribution in [1.29, 1.82) is 0 Å². The van der Waals surface area contributed by atoms with Gasteiger partial charge >= 0.3 is 0 Å². The van der Waals surface area contributed by atoms with E-state index in [-0.39, 0.29) is 5.91 Å². The second-order valence-electron chi connectivity index (χ2n) is 5.36. The van der Waals surface area contributed by atoms with Crippen molar-refractivity contribution in [1.82, 2.24) is 20.6 Å². The Morgan fingerprint density at radius 2 is 2.38 bits per heavy atom. The van der Waals surface area contributed by atoms with Crippen LogP contribution >= 0.6 is 0 Å². The van der Waals surface area contributed by atoms with E-state index in [0.717, 1.165) is 19.6 Å². The zero-order valence-electron chi connectivity index (χ0n) is 12.6. The van der Waals surface area contributed by atoms with Crippen molar-refractivity contribution in [3.63, 3.8) is 0 Å². The molecule has 1 unspecified atom stereocenters. The number of hydrogen-bond acceptors (Lipinski definition) is 5. The van der Waals surface area contributed by atoms with Crippen molar-refractivity contribution in [3.05, 3.63) is 24.4 Å². The van der Waals surface area contributed by atoms with Gasteiger partial charge in [0, 0.05) is 18.8 Å². The second kappa shape index (κ2) is 8.59. The molecule has 1 atom stereocenters. The second-order valence-corrected chi connectivity index (χ2v) is 5.36. The van der Waals surface area contributed by atoms with Crippen LogP contribution in [0.4, 0.5) is 5.82 Å². The van der Waals surface area contributed by atoms with Gasteiger partial charge in [0.05, 0.1) is 6.54 Å². The first-order valence-corrected chi connectivity index (χ1v) is 7.69. The zero-order valence-corrected chi connectivity index (χ0v) is 12.6. The van der Waals surface area contributed by atoms with E-state index in [2.05, 4.69) is 33.0 Å². The predicted octanol–water partition coefficient (Wildman–Crippen LogP) is 0.989. The number of likely N-dealkylation sites (N-methyl/N-ethyl adjacent to an activating group) is 1. The lowest BCUT2D eigenvalue weighted by atomic mass is 10.0. The highest BCUT2D eigenvalue weighted by atomic mass is 16.2. The van der Waals surface area contributed by atoms with Gasteiger partial charge in [0.1, 0.15) is 5.82 Å². The molecule has 0 aromatic carbocycles. The van der Waals surface area contributed by atoms with Gasteiger partial charge in [0.2, 0.25) is 0 Å². The van der Waals surface area contributed by atoms with E-state index in [9.17, 15) is 4.79 Å². The van der Waals surface area contributed by atoms with Crippen LogP contribution in [0.3, 0.4) is 0 Å². The number of hydrogen-bond donors (Lipinski definition) is 3. The lowest BCUT2D eigenvalue weighted by Gasteiger charge is -2.29. The molecule has 6 nitrogen and oxygen atoms in total. The maximum Gasteiger partial charge on any atom is 0.252 e. The number of rotatable bonds is 7. The van der Waals surface area contributed by atoms with Crippen LogP contribution < -0.4 is 16.2 Å². The lowest BCUT2D eigenvalue weighted by Crippen LogP contribution is -2.47. The molecule has 1 aromatic rings. The Morgan fingerprint density at radius 1 is 1.48 bits per heavy atom. The number of carbonyl (C=O) groups is 1. The zero-order chi connectivity index (χ0) is 14.9. The molecule has 1 aliphatic heterocycles. The fourth-order valence-corrected chi connectivity index (χ4v) is 2.51. The maximum atomic E-state index is 12.0. The maximum absolute atomic E-state index is 12.0. The molecular weight excluding hydrogens is 266 g/mol. The first kappa shape index (κ1) is 15.7. The largest absolute Gasteiger partial charge is 0.313 e. The van der Waals surface area contributed by atoms with Gasteiger partial charge in [-0.2, -0.15) is 0 Å². The summed E-state index contributed by atoms with van der Waals surface area (Å²) in [7, 11) is 0. The molecule has 0 aliphatic carbocycles. The summed E-state index contributed by atoms with van der Waals surface area (Å²) in [5, 5.41) is 3.52. The summed E-state index contributed by atoms with van der Waals surface area (Å²) in [5.41, 5.74) is 5.51. The van der Waals surface area contributed by atoms with E-state index in [0.29, 0.717) is 18.4 Å². The van der Waals surface area contributed by atoms with Crippen LogP contribution in [0.25, 0.3) is 0 Å². The molecule has 21 heavy (non-hydrogen) atoms. The summed E-state index contributed by atoms with van der Waals surface area (Å²) in [6, 6.07) is 6.02. The molecule has 3 N–H and O–H groups in total. The Bertz CT molecular complexity index is 419. The number of pyridine rings is 1. The highest BCUT2D eigenvalue weighted by Crippen LogP contribution is 2.08. The average molecular weight is 291 g/mol. The molecule has 0 radical (unpaired) electrons. The molecule has 2 heterocycles. The van der Waals surface area contributed by atoms with Crippen LogP contribution in [0.5, 0.6) is 0 Å². The molecule has 1 amide bonds. The summed E-state index contributed by atoms with van der Waals surface area (Å²) < 4.78 is 0. The fraction of sp³-hybridized carbons (Fsp3) is 0.600. The van der Waals surface area contributed by atoms with Crippen molar-refractivity contribution in [3.8, 4) is 0 Å². The van der Waals surface area contributed by atoms with Crippen molar-refractivity contribution in [2.45, 2.75) is 32.2 Å². The smallest absolute Gasteiger partial charge is 0.252 e. The third kappa shape index (κ3) is 5.69. The quantitative estimate of drug-likeness (QED) is 0.654. The topological polar surface area (TPSA) is 69.3 Å². The molecule has 0 bridgehead atoms. The van der Waals surface area contributed by atoms with Crippen molar-refractivity contribution in [2.75, 3.05) is 31.6 Å². The van der Waals surface area contributed by atoms with Gasteiger partial charge in [-0.05, 0) is 38.1 Å². The number of anilines is 1. The van der Waals surface area contributed by atoms with Gasteiger partial charge in [-0.3, -0.25) is 20.5 Å². The number of carbonyl (C=O) groups excluding carboxylic acids is 1. The number of piperidine rings is 1. The Morgan fingerprint density at radius 3 is 3.05 bits per heavy atom. The Kier molecular flexibility index (Phi) is 6.43. The third-order valence-corrected chi connectivity index (χ3v) is 3.70. The van der Waals surface area contributed by atoms with Gasteiger partial charge in [0.15, 0.2) is 0 Å². The van der Waals surface area contributed by atoms with E-state index in [4.69, 9.17) is 0 Å². The lowest BCUT2D eigenvalue weighted by molar-refractivity contribution is -0.121. The number of amides is 1. The van der Waals surface area contributed by atoms with Gasteiger partial charge in [-0.25, -0.2) is 4.98 Å². The summed E-state index contributed by atoms with van der Waals surface area (Å²) >= 11 is 0. The Hall–Kier alpha value is -1.66. The first-order chi connectivity index (χ1) is 10.3. The number of hydrazine groups is 1. The molecular formula is C15H25N5O. The summed E-state index contributed by atoms with van der Waals surface area (Å²) in [5.74, 6) is 0.598. The molecule has 1 saturated heterocycles. The first-order valence-electron chi connectivity index (χ1n) is 7.69. The number of nitrogens with one attached hydrogen (secondary N) is 3. The number of nitrogens with zero attached hydrogens (tertiary/aromatic N) is 2. The highest BCUT2D eigenvalue weighted by Gasteiger charge is 2.17. The van der Waals surface area contributed by atoms with Crippen LogP contribution in [-0.2, 0) is 4.79 Å². The molecule has 1 aromatic heterocycles. The van der Waals surface area contributed by atoms with Crippen molar-refractivity contribution in [2.24, 2.45) is 0 Å². The Balaban J connectivity index is 1.71. The third-order valence-electron chi connectivity index (χ3n) is 3.70. The fourth-order valence-electron chi connectivity index (χ4n) is 2.51. The van der Waals surface area contributed by atoms with Crippen LogP contribution in [0.2, 0.25) is 0 Å². The molecule has 0 saturated carbocycles. The highest BCUT2D eigenvalue weighted by molar-refractivity contribution is 5.79. The van der Waals surface area contributed by atoms with E-state index < -0.39 is 0 Å². The van der Waals surface area contributed by atoms with E-state index >= 15 is 0 Å². The van der Waals surface area contributed by atoms with Crippen LogP contribution in [0, 0.1) is 0 Å². The van der Waals surface area contributed by atoms with Gasteiger partial charge in [-0.15, -0.1) is 0 Å². The molecule has 1 fully saturated rings. The molecule has 6 heteroatoms. The SMILES string of the molecule is CCN(CC(=O)NNc1ccccn1)CC1CCCCN1. The van der Waals surface area contributed by atoms with E-state index in [1.165, 1.54) is 19.3 Å². The molecule has 0 spiro atoms. The van der Waals surface area contributed by atoms with E-state index in [1.807, 2.05) is 18.2 Å². The minimum Gasteiger partial charge on any atom is -0.313 e. The molecule has 2 rings (SSSR count). The summed E-state index contributed by atoms with van der Waals surface area (Å²) in [4.78, 5) is 18.2. The predicted molar refractivity (Wildman–Crippen MR) is 83.8 cm³/mol. The number of aromatic nitrogens is 1. The summed E-state index contributed by atoms with van der Waals surface area (Å²) in [6.07, 6.45) is 5.42. The van der Waals surface area contributed by atoms with E-state index in [1.54, 1.807) is 6.20 Å². The van der Waals surface area contributed by atoms with Crippen LogP contribution in [0.1, 0.15) is 26.2 Å². The Labute approximate surface area is 126 Å². The van der Waals surface area contributed by atoms with Crippen LogP contribution in [-0.4, -0.2) is 48.0 Å². The van der Waals surface area contributed by atoms with Crippen molar-refractivity contribution >= 4 is 11.7 Å². The standard InChI is InChI=1S/C15H25N5O/c1-2-20(11-13-7-3-5-9-16-13)12-15(21)19-18-14-8-4-6-10-17-14/h4,6,8,10,13,16H,2-3,5,7,9,11-12H2,1H3,(H,17,18)(H,19,21). The van der Waals surface area contributed by atoms with Crippen LogP contribution in [0.15, 0.2) is 24.4 Å². The van der Waals surface area contributed by atoms with Gasteiger partial charge in [0.25, 0.3) is 5.91 Å². The van der Waals surface area contributed by atoms with Gasteiger partial charge in [-0.1, -0.05) is 19.4 Å². The minimum atomic E-state index is -0.0432. The summed E-state index contributed by atoms with van der Waals surface area (Å²) in [6.45, 7) is 5.37. The van der Waals surface area contributed by atoms with Gasteiger partial charge < -0.3 is 5.32 Å². The molecule has 116 valence electrons. The normalized spacial score (nSPS) is 18.5. The average Bonchev–Trinajstić information content (AvgIpc) is 2.54.